The molecule has 4 aromatic rings. The van der Waals surface area contributed by atoms with Gasteiger partial charge in [0.05, 0.1) is 49.2 Å². The summed E-state index contributed by atoms with van der Waals surface area (Å²) < 4.78 is 9.28. The zero-order valence-corrected chi connectivity index (χ0v) is 27.4. The van der Waals surface area contributed by atoms with Crippen molar-refractivity contribution in [3.63, 3.8) is 0 Å². The number of hydrogen-bond donors (Lipinski definition) is 4. The molecule has 4 amide bonds. The fourth-order valence-corrected chi connectivity index (χ4v) is 6.58. The molecular formula is C34H40N8O6. The topological polar surface area (TPSA) is 175 Å². The Morgan fingerprint density at radius 3 is 1.90 bits per heavy atom. The molecule has 2 aromatic carbocycles. The number of likely N-dealkylation sites (tertiary alicyclic amines) is 2. The first-order valence-electron chi connectivity index (χ1n) is 16.1. The van der Waals surface area contributed by atoms with Gasteiger partial charge in [0, 0.05) is 13.1 Å². The maximum atomic E-state index is 13.1. The van der Waals surface area contributed by atoms with Gasteiger partial charge in [-0.3, -0.25) is 9.59 Å². The lowest BCUT2D eigenvalue weighted by Gasteiger charge is -2.26. The van der Waals surface area contributed by atoms with E-state index in [0.29, 0.717) is 18.9 Å². The lowest BCUT2D eigenvalue weighted by molar-refractivity contribution is -0.134. The molecule has 4 N–H and O–H groups in total. The number of rotatable bonds is 8. The average molecular weight is 657 g/mol. The van der Waals surface area contributed by atoms with Crippen molar-refractivity contribution in [3.8, 4) is 22.4 Å². The molecule has 0 saturated carbocycles. The minimum atomic E-state index is -0.711. The first-order valence-corrected chi connectivity index (χ1v) is 16.1. The molecule has 2 fully saturated rings. The molecular weight excluding hydrogens is 616 g/mol. The molecule has 2 aliphatic rings. The van der Waals surface area contributed by atoms with E-state index in [2.05, 4.69) is 41.1 Å². The quantitative estimate of drug-likeness (QED) is 0.215. The molecule has 14 heteroatoms. The first-order chi connectivity index (χ1) is 23.2. The number of fused-ring (bicyclic) bond motifs is 1. The lowest BCUT2D eigenvalue weighted by atomic mass is 10.0. The van der Waals surface area contributed by atoms with Crippen molar-refractivity contribution in [2.75, 3.05) is 27.3 Å². The van der Waals surface area contributed by atoms with Crippen LogP contribution in [0.3, 0.4) is 0 Å². The monoisotopic (exact) mass is 656 g/mol. The number of carbonyl (C=O) groups excluding carboxylic acids is 4. The molecule has 2 saturated heterocycles. The van der Waals surface area contributed by atoms with Gasteiger partial charge in [-0.05, 0) is 68.4 Å². The molecule has 0 spiro atoms. The molecule has 0 aliphatic carbocycles. The van der Waals surface area contributed by atoms with Gasteiger partial charge in [0.2, 0.25) is 11.8 Å². The van der Waals surface area contributed by atoms with Crippen LogP contribution >= 0.6 is 0 Å². The highest BCUT2D eigenvalue weighted by Gasteiger charge is 2.36. The van der Waals surface area contributed by atoms with E-state index in [1.807, 2.05) is 36.4 Å². The van der Waals surface area contributed by atoms with Gasteiger partial charge in [-0.2, -0.15) is 0 Å². The van der Waals surface area contributed by atoms with Gasteiger partial charge in [-0.25, -0.2) is 19.6 Å². The van der Waals surface area contributed by atoms with Crippen LogP contribution in [-0.2, 0) is 19.1 Å². The van der Waals surface area contributed by atoms with Gasteiger partial charge in [0.15, 0.2) is 0 Å². The van der Waals surface area contributed by atoms with Crippen LogP contribution in [0.1, 0.15) is 63.3 Å². The predicted molar refractivity (Wildman–Crippen MR) is 176 cm³/mol. The number of nitrogens with zero attached hydrogens (tertiary/aromatic N) is 4. The third-order valence-electron chi connectivity index (χ3n) is 9.11. The van der Waals surface area contributed by atoms with Crippen LogP contribution in [-0.4, -0.2) is 93.1 Å². The minimum absolute atomic E-state index is 0.176. The maximum Gasteiger partial charge on any atom is 0.407 e. The summed E-state index contributed by atoms with van der Waals surface area (Å²) >= 11 is 0. The van der Waals surface area contributed by atoms with Gasteiger partial charge < -0.3 is 39.9 Å². The Labute approximate surface area is 277 Å². The van der Waals surface area contributed by atoms with Crippen molar-refractivity contribution in [1.82, 2.24) is 40.4 Å². The normalized spacial score (nSPS) is 18.8. The summed E-state index contributed by atoms with van der Waals surface area (Å²) in [6.45, 7) is 4.48. The summed E-state index contributed by atoms with van der Waals surface area (Å²) in [5, 5.41) is 5.11. The van der Waals surface area contributed by atoms with Crippen molar-refractivity contribution >= 4 is 35.0 Å². The Balaban J connectivity index is 1.14. The largest absolute Gasteiger partial charge is 0.453 e. The van der Waals surface area contributed by atoms with Crippen LogP contribution in [0.25, 0.3) is 33.4 Å². The van der Waals surface area contributed by atoms with Gasteiger partial charge in [0.1, 0.15) is 23.7 Å². The van der Waals surface area contributed by atoms with Crippen LogP contribution in [0.4, 0.5) is 9.59 Å². The van der Waals surface area contributed by atoms with Gasteiger partial charge in [-0.1, -0.05) is 30.3 Å². The zero-order valence-electron chi connectivity index (χ0n) is 27.4. The molecule has 2 aromatic heterocycles. The van der Waals surface area contributed by atoms with Gasteiger partial charge in [0.25, 0.3) is 0 Å². The number of ether oxygens (including phenoxy) is 2. The summed E-state index contributed by atoms with van der Waals surface area (Å²) in [6, 6.07) is 12.4. The molecule has 0 bridgehead atoms. The van der Waals surface area contributed by atoms with Crippen molar-refractivity contribution in [2.24, 2.45) is 0 Å². The zero-order chi connectivity index (χ0) is 33.9. The molecule has 4 heterocycles. The number of H-pyrrole nitrogens is 2. The van der Waals surface area contributed by atoms with Crippen molar-refractivity contribution in [1.29, 1.82) is 0 Å². The van der Waals surface area contributed by atoms with Crippen molar-refractivity contribution in [2.45, 2.75) is 63.7 Å². The third-order valence-corrected chi connectivity index (χ3v) is 9.11. The molecule has 0 radical (unpaired) electrons. The Kier molecular flexibility index (Phi) is 9.33. The second-order valence-electron chi connectivity index (χ2n) is 12.2. The van der Waals surface area contributed by atoms with Crippen molar-refractivity contribution in [3.05, 3.63) is 60.3 Å². The molecule has 14 nitrogen and oxygen atoms in total. The number of imidazole rings is 2. The predicted octanol–water partition coefficient (Wildman–Crippen LogP) is 4.44. The summed E-state index contributed by atoms with van der Waals surface area (Å²) in [6.07, 6.45) is 3.75. The van der Waals surface area contributed by atoms with Gasteiger partial charge >= 0.3 is 12.2 Å². The Bertz CT molecular complexity index is 1820. The number of amides is 4. The number of methoxy groups -OCH3 is 2. The van der Waals surface area contributed by atoms with Crippen LogP contribution in [0, 0.1) is 0 Å². The summed E-state index contributed by atoms with van der Waals surface area (Å²) in [5.74, 6) is 1.08. The van der Waals surface area contributed by atoms with Crippen molar-refractivity contribution < 1.29 is 28.7 Å². The van der Waals surface area contributed by atoms with E-state index in [4.69, 9.17) is 4.98 Å². The first kappa shape index (κ1) is 32.5. The van der Waals surface area contributed by atoms with Crippen LogP contribution < -0.4 is 10.6 Å². The summed E-state index contributed by atoms with van der Waals surface area (Å²) in [4.78, 5) is 69.2. The van der Waals surface area contributed by atoms with Crippen LogP contribution in [0.15, 0.2) is 48.7 Å². The van der Waals surface area contributed by atoms with Crippen LogP contribution in [0.5, 0.6) is 0 Å². The number of alkyl carbamates (subject to hydrolysis) is 2. The van der Waals surface area contributed by atoms with E-state index in [9.17, 15) is 19.2 Å². The van der Waals surface area contributed by atoms with E-state index < -0.39 is 24.3 Å². The third kappa shape index (κ3) is 6.55. The minimum Gasteiger partial charge on any atom is -0.453 e. The molecule has 48 heavy (non-hydrogen) atoms. The van der Waals surface area contributed by atoms with Gasteiger partial charge in [-0.15, -0.1) is 0 Å². The highest BCUT2D eigenvalue weighted by Crippen LogP contribution is 2.34. The standard InChI is InChI=1S/C34H40N8O6/c1-19(36-33(45)47-3)31(43)41-15-5-7-27(41)29-35-18-26(40-29)22-11-9-21(10-12-22)23-13-14-24-25(17-23)39-30(38-24)28-8-6-16-42(28)32(44)20(2)37-34(46)48-4/h9-14,17-20,27-28H,5-8,15-16H2,1-4H3,(H,35,40)(H,36,45)(H,37,46)(H,38,39)/t19-,20-,27-,28-/m0/s1. The maximum absolute atomic E-state index is 13.1. The highest BCUT2D eigenvalue weighted by molar-refractivity contribution is 5.87. The van der Waals surface area contributed by atoms with E-state index in [1.165, 1.54) is 14.2 Å². The van der Waals surface area contributed by atoms with E-state index in [0.717, 1.165) is 64.9 Å². The lowest BCUT2D eigenvalue weighted by Crippen LogP contribution is -2.46. The second-order valence-corrected chi connectivity index (χ2v) is 12.2. The molecule has 0 unspecified atom stereocenters. The van der Waals surface area contributed by atoms with E-state index in [-0.39, 0.29) is 23.9 Å². The molecule has 4 atom stereocenters. The molecule has 252 valence electrons. The number of carbonyl (C=O) groups is 4. The number of hydrogen-bond acceptors (Lipinski definition) is 8. The van der Waals surface area contributed by atoms with E-state index >= 15 is 0 Å². The smallest absolute Gasteiger partial charge is 0.407 e. The number of benzene rings is 2. The Hall–Kier alpha value is -5.40. The summed E-state index contributed by atoms with van der Waals surface area (Å²) in [7, 11) is 2.54. The second kappa shape index (κ2) is 13.8. The highest BCUT2D eigenvalue weighted by atomic mass is 16.5. The Morgan fingerprint density at radius 1 is 0.771 bits per heavy atom. The number of aromatic nitrogens is 4. The van der Waals surface area contributed by atoms with Crippen LogP contribution in [0.2, 0.25) is 0 Å². The fourth-order valence-electron chi connectivity index (χ4n) is 6.58. The Morgan fingerprint density at radius 2 is 1.31 bits per heavy atom. The number of nitrogens with one attached hydrogen (secondary N) is 4. The average Bonchev–Trinajstić information content (AvgIpc) is 3.92. The SMILES string of the molecule is COC(=O)N[C@@H](C)C(=O)N1CCC[C@H]1c1ncc(-c2ccc(-c3ccc4nc([C@@H]5CCCN5C(=O)[C@H](C)NC(=O)OC)[nH]c4c3)cc2)[nH]1. The number of aromatic amines is 2. The molecule has 2 aliphatic heterocycles. The van der Waals surface area contributed by atoms with E-state index in [1.54, 1.807) is 29.8 Å². The summed E-state index contributed by atoms with van der Waals surface area (Å²) in [5.41, 5.74) is 5.52. The fraction of sp³-hybridized carbons (Fsp3) is 0.412. The molecule has 6 rings (SSSR count).